The minimum Gasteiger partial charge on any atom is -0.493 e. The quantitative estimate of drug-likeness (QED) is 0.442. The van der Waals surface area contributed by atoms with E-state index in [0.29, 0.717) is 50.1 Å². The van der Waals surface area contributed by atoms with Gasteiger partial charge in [0.2, 0.25) is 11.8 Å². The second kappa shape index (κ2) is 9.98. The van der Waals surface area contributed by atoms with Gasteiger partial charge in [0.05, 0.1) is 14.2 Å². The normalized spacial score (nSPS) is 17.7. The highest BCUT2D eigenvalue weighted by atomic mass is 16.5. The van der Waals surface area contributed by atoms with Crippen LogP contribution >= 0.6 is 0 Å². The molecule has 2 aromatic carbocycles. The van der Waals surface area contributed by atoms with E-state index >= 15 is 0 Å². The van der Waals surface area contributed by atoms with Gasteiger partial charge in [-0.25, -0.2) is 0 Å². The van der Waals surface area contributed by atoms with E-state index in [2.05, 4.69) is 21.7 Å². The fourth-order valence-corrected chi connectivity index (χ4v) is 4.68. The Balaban J connectivity index is 1.34. The molecule has 2 amide bonds. The molecule has 0 unspecified atom stereocenters. The Morgan fingerprint density at radius 1 is 1.12 bits per heavy atom. The molecule has 1 atom stereocenters. The molecule has 7 nitrogen and oxygen atoms in total. The molecule has 2 heterocycles. The number of nitrogens with one attached hydrogen (secondary N) is 3. The fourth-order valence-electron chi connectivity index (χ4n) is 4.68. The molecular weight excluding hydrogens is 418 g/mol. The molecule has 1 aliphatic rings. The zero-order valence-electron chi connectivity index (χ0n) is 19.2. The van der Waals surface area contributed by atoms with Crippen LogP contribution in [0, 0.1) is 0 Å². The first-order valence-corrected chi connectivity index (χ1v) is 11.4. The third-order valence-electron chi connectivity index (χ3n) is 6.45. The van der Waals surface area contributed by atoms with Gasteiger partial charge >= 0.3 is 0 Å². The molecule has 0 saturated carbocycles. The van der Waals surface area contributed by atoms with Gasteiger partial charge in [-0.3, -0.25) is 9.59 Å². The lowest BCUT2D eigenvalue weighted by molar-refractivity contribution is -0.122. The first-order chi connectivity index (χ1) is 16.0. The number of carbonyl (C=O) groups is 2. The number of rotatable bonds is 10. The van der Waals surface area contributed by atoms with Crippen molar-refractivity contribution in [2.24, 2.45) is 0 Å². The first kappa shape index (κ1) is 22.7. The standard InChI is InChI=1S/C26H31N3O4/c1-32-22-8-7-18(15-23(22)33-2)16-26(13-10-25(31)29-26)12-9-24(30)27-14-11-19-17-28-21-6-4-3-5-20(19)21/h3-8,15,17,28H,9-14,16H2,1-2H3,(H,27,30)(H,29,31)/t26-/m1/s1. The number of carbonyl (C=O) groups excluding carboxylic acids is 2. The van der Waals surface area contributed by atoms with Crippen LogP contribution in [0.3, 0.4) is 0 Å². The monoisotopic (exact) mass is 449 g/mol. The van der Waals surface area contributed by atoms with Crippen LogP contribution in [-0.4, -0.2) is 43.1 Å². The predicted octanol–water partition coefficient (Wildman–Crippen LogP) is 3.52. The number of hydrogen-bond donors (Lipinski definition) is 3. The molecule has 7 heteroatoms. The van der Waals surface area contributed by atoms with Gasteiger partial charge in [-0.2, -0.15) is 0 Å². The molecule has 33 heavy (non-hydrogen) atoms. The number of para-hydroxylation sites is 1. The molecule has 0 spiro atoms. The lowest BCUT2D eigenvalue weighted by Gasteiger charge is -2.29. The SMILES string of the molecule is COc1ccc(C[C@@]2(CCC(=O)NCCc3c[nH]c4ccccc34)CCC(=O)N2)cc1OC. The van der Waals surface area contributed by atoms with Gasteiger partial charge in [-0.1, -0.05) is 24.3 Å². The minimum absolute atomic E-state index is 0.00248. The summed E-state index contributed by atoms with van der Waals surface area (Å²) in [6.07, 6.45) is 5.56. The van der Waals surface area contributed by atoms with E-state index in [0.717, 1.165) is 17.5 Å². The van der Waals surface area contributed by atoms with E-state index in [1.165, 1.54) is 10.9 Å². The first-order valence-electron chi connectivity index (χ1n) is 11.4. The van der Waals surface area contributed by atoms with Gasteiger partial charge in [0.25, 0.3) is 0 Å². The Morgan fingerprint density at radius 3 is 2.70 bits per heavy atom. The van der Waals surface area contributed by atoms with E-state index < -0.39 is 5.54 Å². The van der Waals surface area contributed by atoms with Gasteiger partial charge in [0.1, 0.15) is 0 Å². The molecule has 4 rings (SSSR count). The summed E-state index contributed by atoms with van der Waals surface area (Å²) < 4.78 is 10.7. The third-order valence-corrected chi connectivity index (χ3v) is 6.45. The van der Waals surface area contributed by atoms with E-state index in [4.69, 9.17) is 9.47 Å². The fraction of sp³-hybridized carbons (Fsp3) is 0.385. The van der Waals surface area contributed by atoms with Crippen LogP contribution < -0.4 is 20.1 Å². The number of fused-ring (bicyclic) bond motifs is 1. The van der Waals surface area contributed by atoms with Crippen LogP contribution in [0.5, 0.6) is 11.5 Å². The van der Waals surface area contributed by atoms with Crippen LogP contribution in [0.4, 0.5) is 0 Å². The van der Waals surface area contributed by atoms with Crippen molar-refractivity contribution in [3.8, 4) is 11.5 Å². The summed E-state index contributed by atoms with van der Waals surface area (Å²) in [4.78, 5) is 27.9. The highest BCUT2D eigenvalue weighted by molar-refractivity contribution is 5.83. The Kier molecular flexibility index (Phi) is 6.87. The van der Waals surface area contributed by atoms with E-state index in [-0.39, 0.29) is 11.8 Å². The highest BCUT2D eigenvalue weighted by Crippen LogP contribution is 2.33. The van der Waals surface area contributed by atoms with Crippen molar-refractivity contribution in [3.63, 3.8) is 0 Å². The summed E-state index contributed by atoms with van der Waals surface area (Å²) in [7, 11) is 3.21. The molecule has 1 fully saturated rings. The molecular formula is C26H31N3O4. The van der Waals surface area contributed by atoms with Crippen LogP contribution in [0.2, 0.25) is 0 Å². The molecule has 3 aromatic rings. The average molecular weight is 450 g/mol. The summed E-state index contributed by atoms with van der Waals surface area (Å²) in [6, 6.07) is 13.9. The topological polar surface area (TPSA) is 92.5 Å². The number of methoxy groups -OCH3 is 2. The maximum Gasteiger partial charge on any atom is 0.220 e. The number of aromatic amines is 1. The average Bonchev–Trinajstić information content (AvgIpc) is 3.41. The zero-order valence-corrected chi connectivity index (χ0v) is 19.2. The lowest BCUT2D eigenvalue weighted by Crippen LogP contribution is -2.44. The molecule has 174 valence electrons. The van der Waals surface area contributed by atoms with Crippen molar-refractivity contribution < 1.29 is 19.1 Å². The minimum atomic E-state index is -0.426. The number of benzene rings is 2. The van der Waals surface area contributed by atoms with Gasteiger partial charge < -0.3 is 25.1 Å². The summed E-state index contributed by atoms with van der Waals surface area (Å²) in [5.74, 6) is 1.36. The summed E-state index contributed by atoms with van der Waals surface area (Å²) >= 11 is 0. The molecule has 0 bridgehead atoms. The molecule has 1 aliphatic heterocycles. The van der Waals surface area contributed by atoms with Crippen molar-refractivity contribution in [3.05, 3.63) is 59.8 Å². The smallest absolute Gasteiger partial charge is 0.220 e. The number of amides is 2. The third kappa shape index (κ3) is 5.30. The van der Waals surface area contributed by atoms with Crippen molar-refractivity contribution in [1.29, 1.82) is 0 Å². The maximum atomic E-state index is 12.6. The number of aromatic nitrogens is 1. The van der Waals surface area contributed by atoms with Gasteiger partial charge in [-0.15, -0.1) is 0 Å². The van der Waals surface area contributed by atoms with Crippen molar-refractivity contribution in [2.45, 2.75) is 44.1 Å². The Morgan fingerprint density at radius 2 is 1.94 bits per heavy atom. The van der Waals surface area contributed by atoms with Crippen molar-refractivity contribution in [2.75, 3.05) is 20.8 Å². The summed E-state index contributed by atoms with van der Waals surface area (Å²) in [5, 5.41) is 7.36. The van der Waals surface area contributed by atoms with Crippen molar-refractivity contribution >= 4 is 22.7 Å². The largest absolute Gasteiger partial charge is 0.493 e. The Bertz CT molecular complexity index is 1140. The van der Waals surface area contributed by atoms with Crippen LogP contribution in [0.15, 0.2) is 48.7 Å². The molecule has 1 aromatic heterocycles. The van der Waals surface area contributed by atoms with Gasteiger partial charge in [0.15, 0.2) is 11.5 Å². The van der Waals surface area contributed by atoms with Crippen molar-refractivity contribution in [1.82, 2.24) is 15.6 Å². The predicted molar refractivity (Wildman–Crippen MR) is 128 cm³/mol. The van der Waals surface area contributed by atoms with E-state index in [1.807, 2.05) is 42.6 Å². The lowest BCUT2D eigenvalue weighted by atomic mass is 9.85. The van der Waals surface area contributed by atoms with E-state index in [9.17, 15) is 9.59 Å². The number of hydrogen-bond acceptors (Lipinski definition) is 4. The molecule has 0 aliphatic carbocycles. The Hall–Kier alpha value is -3.48. The second-order valence-corrected chi connectivity index (χ2v) is 8.65. The number of ether oxygens (including phenoxy) is 2. The Labute approximate surface area is 193 Å². The van der Waals surface area contributed by atoms with Crippen LogP contribution in [0.1, 0.15) is 36.8 Å². The summed E-state index contributed by atoms with van der Waals surface area (Å²) in [6.45, 7) is 0.579. The molecule has 3 N–H and O–H groups in total. The zero-order chi connectivity index (χ0) is 23.3. The maximum absolute atomic E-state index is 12.6. The van der Waals surface area contributed by atoms with Gasteiger partial charge in [-0.05, 0) is 55.0 Å². The van der Waals surface area contributed by atoms with Crippen LogP contribution in [0.25, 0.3) is 10.9 Å². The van der Waals surface area contributed by atoms with E-state index in [1.54, 1.807) is 14.2 Å². The molecule has 0 radical (unpaired) electrons. The van der Waals surface area contributed by atoms with Gasteiger partial charge in [0, 0.05) is 42.0 Å². The number of H-pyrrole nitrogens is 1. The molecule has 1 saturated heterocycles. The van der Waals surface area contributed by atoms with Crippen LogP contribution in [-0.2, 0) is 22.4 Å². The highest BCUT2D eigenvalue weighted by Gasteiger charge is 2.38. The summed E-state index contributed by atoms with van der Waals surface area (Å²) in [5.41, 5.74) is 2.91. The second-order valence-electron chi connectivity index (χ2n) is 8.65.